The lowest BCUT2D eigenvalue weighted by atomic mass is 9.90. The van der Waals surface area contributed by atoms with Crippen molar-refractivity contribution in [2.75, 3.05) is 6.54 Å². The van der Waals surface area contributed by atoms with Gasteiger partial charge in [0.2, 0.25) is 17.7 Å². The number of rotatable bonds is 15. The highest BCUT2D eigenvalue weighted by molar-refractivity contribution is 5.92. The lowest BCUT2D eigenvalue weighted by Crippen LogP contribution is -2.48. The first-order valence-corrected chi connectivity index (χ1v) is 15.1. The number of nitrogens with two attached hydrogens (primary N) is 2. The molecule has 7 N–H and O–H groups in total. The molecule has 0 radical (unpaired) electrons. The minimum atomic E-state index is -0.922. The fraction of sp³-hybridized carbons (Fsp3) is 0.222. The number of primary amides is 1. The van der Waals surface area contributed by atoms with Crippen LogP contribution in [0.2, 0.25) is 0 Å². The van der Waals surface area contributed by atoms with E-state index in [1.165, 1.54) is 0 Å². The Bertz CT molecular complexity index is 1530. The van der Waals surface area contributed by atoms with Gasteiger partial charge in [0.1, 0.15) is 18.7 Å². The van der Waals surface area contributed by atoms with Crippen LogP contribution in [0.25, 0.3) is 0 Å². The summed E-state index contributed by atoms with van der Waals surface area (Å²) in [5, 5.41) is 8.56. The molecule has 4 rings (SSSR count). The van der Waals surface area contributed by atoms with E-state index < -0.39 is 30.0 Å². The molecule has 0 bridgehead atoms. The number of alkyl carbamates (subject to hydrolysis) is 1. The summed E-state index contributed by atoms with van der Waals surface area (Å²) in [5.74, 6) is -1.97. The smallest absolute Gasteiger partial charge is 0.407 e. The quantitative estimate of drug-likeness (QED) is 0.127. The first kappa shape index (κ1) is 33.4. The van der Waals surface area contributed by atoms with Crippen LogP contribution in [0.15, 0.2) is 115 Å². The molecule has 0 saturated heterocycles. The monoisotopic (exact) mass is 621 g/mol. The van der Waals surface area contributed by atoms with Gasteiger partial charge in [0, 0.05) is 13.1 Å². The molecular formula is C36H39N5O5. The van der Waals surface area contributed by atoms with Gasteiger partial charge in [-0.2, -0.15) is 0 Å². The molecule has 0 saturated carbocycles. The van der Waals surface area contributed by atoms with E-state index in [4.69, 9.17) is 16.2 Å². The molecule has 1 unspecified atom stereocenters. The number of carbonyl (C=O) groups excluding carboxylic acids is 4. The van der Waals surface area contributed by atoms with E-state index in [1.54, 1.807) is 24.3 Å². The number of ether oxygens (including phenoxy) is 1. The fourth-order valence-corrected chi connectivity index (χ4v) is 4.90. The zero-order chi connectivity index (χ0) is 32.7. The molecule has 10 nitrogen and oxygen atoms in total. The highest BCUT2D eigenvalue weighted by atomic mass is 16.5. The number of hydrogen-bond acceptors (Lipinski definition) is 6. The lowest BCUT2D eigenvalue weighted by molar-refractivity contribution is -0.129. The van der Waals surface area contributed by atoms with Gasteiger partial charge in [0.25, 0.3) is 0 Å². The molecule has 0 aliphatic rings. The molecule has 10 heteroatoms. The van der Waals surface area contributed by atoms with E-state index in [9.17, 15) is 19.2 Å². The first-order valence-electron chi connectivity index (χ1n) is 15.1. The van der Waals surface area contributed by atoms with Crippen LogP contribution in [0.1, 0.15) is 52.6 Å². The van der Waals surface area contributed by atoms with E-state index in [2.05, 4.69) is 16.0 Å². The van der Waals surface area contributed by atoms with Crippen LogP contribution in [-0.2, 0) is 32.3 Å². The van der Waals surface area contributed by atoms with Crippen LogP contribution in [0.5, 0.6) is 0 Å². The Balaban J connectivity index is 1.41. The van der Waals surface area contributed by atoms with Crippen LogP contribution < -0.4 is 27.4 Å². The Morgan fingerprint density at radius 3 is 1.78 bits per heavy atom. The Morgan fingerprint density at radius 2 is 1.22 bits per heavy atom. The summed E-state index contributed by atoms with van der Waals surface area (Å²) < 4.78 is 5.27. The molecule has 0 aliphatic heterocycles. The molecule has 238 valence electrons. The van der Waals surface area contributed by atoms with E-state index in [1.807, 2.05) is 91.0 Å². The Labute approximate surface area is 268 Å². The lowest BCUT2D eigenvalue weighted by Gasteiger charge is -2.23. The molecular weight excluding hydrogens is 582 g/mol. The molecule has 46 heavy (non-hydrogen) atoms. The third kappa shape index (κ3) is 10.0. The van der Waals surface area contributed by atoms with Gasteiger partial charge in [-0.05, 0) is 40.7 Å². The van der Waals surface area contributed by atoms with Gasteiger partial charge in [-0.1, -0.05) is 115 Å². The Kier molecular flexibility index (Phi) is 12.4. The van der Waals surface area contributed by atoms with E-state index in [0.717, 1.165) is 22.3 Å². The van der Waals surface area contributed by atoms with Crippen molar-refractivity contribution in [3.8, 4) is 0 Å². The summed E-state index contributed by atoms with van der Waals surface area (Å²) in [6.07, 6.45) is 0.0978. The number of benzene rings is 4. The van der Waals surface area contributed by atoms with Gasteiger partial charge in [-0.25, -0.2) is 4.79 Å². The van der Waals surface area contributed by atoms with Crippen molar-refractivity contribution in [3.63, 3.8) is 0 Å². The molecule has 0 spiro atoms. The zero-order valence-corrected chi connectivity index (χ0v) is 25.4. The SMILES string of the molecule is NC(=O)C(N)c1ccc(CNC(=O)[C@@H](CCCNC(=O)OCc2ccccc2)NC(=O)C(c2ccccc2)c2ccccc2)cc1. The maximum absolute atomic E-state index is 13.8. The minimum Gasteiger partial charge on any atom is -0.445 e. The second kappa shape index (κ2) is 17.1. The van der Waals surface area contributed by atoms with Gasteiger partial charge >= 0.3 is 6.09 Å². The van der Waals surface area contributed by atoms with Crippen LogP contribution >= 0.6 is 0 Å². The second-order valence-corrected chi connectivity index (χ2v) is 10.8. The number of carbonyl (C=O) groups is 4. The van der Waals surface area contributed by atoms with Crippen molar-refractivity contribution >= 4 is 23.8 Å². The van der Waals surface area contributed by atoms with Crippen molar-refractivity contribution in [2.24, 2.45) is 11.5 Å². The maximum Gasteiger partial charge on any atom is 0.407 e. The molecule has 0 aliphatic carbocycles. The molecule has 4 aromatic carbocycles. The predicted octanol–water partition coefficient (Wildman–Crippen LogP) is 3.81. The van der Waals surface area contributed by atoms with Crippen LogP contribution in [0.3, 0.4) is 0 Å². The van der Waals surface area contributed by atoms with E-state index in [0.29, 0.717) is 12.0 Å². The Morgan fingerprint density at radius 1 is 0.652 bits per heavy atom. The van der Waals surface area contributed by atoms with E-state index >= 15 is 0 Å². The van der Waals surface area contributed by atoms with Gasteiger partial charge < -0.3 is 32.2 Å². The van der Waals surface area contributed by atoms with Crippen molar-refractivity contribution in [3.05, 3.63) is 143 Å². The Hall–Kier alpha value is -5.48. The van der Waals surface area contributed by atoms with Gasteiger partial charge in [-0.3, -0.25) is 14.4 Å². The number of amides is 4. The van der Waals surface area contributed by atoms with Crippen molar-refractivity contribution in [1.82, 2.24) is 16.0 Å². The third-order valence-electron chi connectivity index (χ3n) is 7.42. The van der Waals surface area contributed by atoms with E-state index in [-0.39, 0.29) is 37.9 Å². The minimum absolute atomic E-state index is 0.142. The van der Waals surface area contributed by atoms with Crippen LogP contribution in [0, 0.1) is 0 Å². The summed E-state index contributed by atoms with van der Waals surface area (Å²) in [6, 6.07) is 33.2. The first-order chi connectivity index (χ1) is 22.3. The topological polar surface area (TPSA) is 166 Å². The summed E-state index contributed by atoms with van der Waals surface area (Å²) >= 11 is 0. The molecule has 2 atom stereocenters. The van der Waals surface area contributed by atoms with Gasteiger partial charge in [0.15, 0.2) is 0 Å². The average molecular weight is 622 g/mol. The fourth-order valence-electron chi connectivity index (χ4n) is 4.90. The molecule has 0 fully saturated rings. The summed E-state index contributed by atoms with van der Waals surface area (Å²) in [6.45, 7) is 0.571. The second-order valence-electron chi connectivity index (χ2n) is 10.8. The van der Waals surface area contributed by atoms with Crippen LogP contribution in [0.4, 0.5) is 4.79 Å². The number of nitrogens with one attached hydrogen (secondary N) is 3. The van der Waals surface area contributed by atoms with Gasteiger partial charge in [-0.15, -0.1) is 0 Å². The highest BCUT2D eigenvalue weighted by Gasteiger charge is 2.28. The molecule has 4 aromatic rings. The third-order valence-corrected chi connectivity index (χ3v) is 7.42. The summed E-state index contributed by atoms with van der Waals surface area (Å²) in [4.78, 5) is 50.9. The molecule has 0 aromatic heterocycles. The normalized spacial score (nSPS) is 12.0. The van der Waals surface area contributed by atoms with Crippen molar-refractivity contribution in [1.29, 1.82) is 0 Å². The van der Waals surface area contributed by atoms with Crippen molar-refractivity contribution < 1.29 is 23.9 Å². The number of hydrogen-bond donors (Lipinski definition) is 5. The van der Waals surface area contributed by atoms with Crippen LogP contribution in [-0.4, -0.2) is 36.4 Å². The van der Waals surface area contributed by atoms with Gasteiger partial charge in [0.05, 0.1) is 5.92 Å². The highest BCUT2D eigenvalue weighted by Crippen LogP contribution is 2.25. The molecule has 0 heterocycles. The standard InChI is InChI=1S/C36H39N5O5/c37-32(33(38)42)29-20-18-25(19-21-29)23-40-34(43)30(17-10-22-39-36(45)46-24-26-11-4-1-5-12-26)41-35(44)31(27-13-6-2-7-14-27)28-15-8-3-9-16-28/h1-9,11-16,18-21,30-32H,10,17,22-24,37H2,(H2,38,42)(H,39,45)(H,40,43)(H,41,44)/t30-,32?/m1/s1. The zero-order valence-electron chi connectivity index (χ0n) is 25.4. The maximum atomic E-state index is 13.8. The largest absolute Gasteiger partial charge is 0.445 e. The predicted molar refractivity (Wildman–Crippen MR) is 175 cm³/mol. The van der Waals surface area contributed by atoms with Crippen molar-refractivity contribution in [2.45, 2.75) is 44.0 Å². The summed E-state index contributed by atoms with van der Waals surface area (Å²) in [7, 11) is 0. The molecule has 4 amide bonds. The average Bonchev–Trinajstić information content (AvgIpc) is 3.09. The summed E-state index contributed by atoms with van der Waals surface area (Å²) in [5.41, 5.74) is 14.9.